The summed E-state index contributed by atoms with van der Waals surface area (Å²) in [6.45, 7) is 7.17. The molecule has 3 aromatic rings. The predicted octanol–water partition coefficient (Wildman–Crippen LogP) is 4.09. The third-order valence-corrected chi connectivity index (χ3v) is 6.75. The van der Waals surface area contributed by atoms with Crippen molar-refractivity contribution >= 4 is 35.1 Å². The van der Waals surface area contributed by atoms with E-state index >= 15 is 0 Å². The Balaban J connectivity index is 0.00000289. The van der Waals surface area contributed by atoms with Crippen LogP contribution >= 0.6 is 12.4 Å². The number of hydrogen-bond acceptors (Lipinski definition) is 9. The molecule has 3 atom stereocenters. The van der Waals surface area contributed by atoms with Gasteiger partial charge in [-0.2, -0.15) is 4.98 Å². The third-order valence-electron chi connectivity index (χ3n) is 6.75. The van der Waals surface area contributed by atoms with Gasteiger partial charge in [-0.3, -0.25) is 0 Å². The number of aliphatic hydroxyl groups is 2. The molecule has 0 radical (unpaired) electrons. The highest BCUT2D eigenvalue weighted by Gasteiger charge is 2.33. The van der Waals surface area contributed by atoms with Gasteiger partial charge in [0.05, 0.1) is 29.7 Å². The first-order valence-corrected chi connectivity index (χ1v) is 12.2. The van der Waals surface area contributed by atoms with Crippen LogP contribution in [0.1, 0.15) is 44.0 Å². The van der Waals surface area contributed by atoms with E-state index in [2.05, 4.69) is 15.6 Å². The standard InChI is InChI=1S/C25H33N5O4.ClH/c1-4-33-21-9-16-8-20(34-23(16)14(3)27-21)22-13(2)28-25(26-11-15-5-6-15)30-24(22)29-18-7-17(12-31)19(32)10-18;/h8-9,15,17-19,31-32H,4-7,10-12H2,1-3H3,(H2,26,28,29,30);1H/t17-,18-,19+;/m1./s1. The van der Waals surface area contributed by atoms with Gasteiger partial charge in [0, 0.05) is 36.6 Å². The van der Waals surface area contributed by atoms with Crippen LogP contribution in [0.5, 0.6) is 5.88 Å². The van der Waals surface area contributed by atoms with Crippen LogP contribution in [0.25, 0.3) is 22.3 Å². The molecule has 2 aliphatic carbocycles. The van der Waals surface area contributed by atoms with Gasteiger partial charge in [0.25, 0.3) is 0 Å². The molecule has 10 heteroatoms. The molecule has 3 heterocycles. The maximum Gasteiger partial charge on any atom is 0.224 e. The summed E-state index contributed by atoms with van der Waals surface area (Å²) in [6, 6.07) is 3.85. The molecule has 2 saturated carbocycles. The number of rotatable bonds is 9. The predicted molar refractivity (Wildman–Crippen MR) is 137 cm³/mol. The molecule has 0 unspecified atom stereocenters. The topological polar surface area (TPSA) is 126 Å². The van der Waals surface area contributed by atoms with Crippen molar-refractivity contribution in [2.45, 2.75) is 58.6 Å². The van der Waals surface area contributed by atoms with Crippen LogP contribution < -0.4 is 15.4 Å². The molecule has 35 heavy (non-hydrogen) atoms. The van der Waals surface area contributed by atoms with Crippen molar-refractivity contribution in [1.82, 2.24) is 15.0 Å². The monoisotopic (exact) mass is 503 g/mol. The summed E-state index contributed by atoms with van der Waals surface area (Å²) in [7, 11) is 0. The quantitative estimate of drug-likeness (QED) is 0.341. The highest BCUT2D eigenvalue weighted by molar-refractivity contribution is 5.88. The molecule has 0 bridgehead atoms. The lowest BCUT2D eigenvalue weighted by Crippen LogP contribution is -2.19. The number of pyridine rings is 1. The Kier molecular flexibility index (Phi) is 7.68. The van der Waals surface area contributed by atoms with Crippen LogP contribution in [0, 0.1) is 25.7 Å². The molecule has 2 fully saturated rings. The number of aryl methyl sites for hydroxylation is 2. The highest BCUT2D eigenvalue weighted by Crippen LogP contribution is 2.38. The smallest absolute Gasteiger partial charge is 0.224 e. The second-order valence-electron chi connectivity index (χ2n) is 9.51. The first-order valence-electron chi connectivity index (χ1n) is 12.2. The van der Waals surface area contributed by atoms with Gasteiger partial charge in [0.15, 0.2) is 5.58 Å². The van der Waals surface area contributed by atoms with E-state index in [0.717, 1.165) is 28.9 Å². The lowest BCUT2D eigenvalue weighted by atomic mass is 10.1. The Morgan fingerprint density at radius 1 is 1.11 bits per heavy atom. The van der Waals surface area contributed by atoms with Crippen molar-refractivity contribution in [3.8, 4) is 17.2 Å². The van der Waals surface area contributed by atoms with Crippen molar-refractivity contribution in [2.75, 3.05) is 30.4 Å². The van der Waals surface area contributed by atoms with Crippen molar-refractivity contribution in [2.24, 2.45) is 11.8 Å². The third kappa shape index (κ3) is 5.47. The minimum atomic E-state index is -0.529. The number of furan rings is 1. The van der Waals surface area contributed by atoms with Crippen LogP contribution in [0.4, 0.5) is 11.8 Å². The van der Waals surface area contributed by atoms with Crippen LogP contribution in [0.3, 0.4) is 0 Å². The molecule has 3 aromatic heterocycles. The molecule has 9 nitrogen and oxygen atoms in total. The van der Waals surface area contributed by atoms with E-state index in [1.165, 1.54) is 12.8 Å². The zero-order valence-corrected chi connectivity index (χ0v) is 21.2. The number of halogens is 1. The molecule has 0 aliphatic heterocycles. The van der Waals surface area contributed by atoms with Gasteiger partial charge in [-0.1, -0.05) is 0 Å². The molecule has 0 amide bonds. The van der Waals surface area contributed by atoms with E-state index in [1.807, 2.05) is 32.9 Å². The average Bonchev–Trinajstić information content (AvgIpc) is 3.42. The summed E-state index contributed by atoms with van der Waals surface area (Å²) in [5.74, 6) is 3.03. The number of ether oxygens (including phenoxy) is 1. The fraction of sp³-hybridized carbons (Fsp3) is 0.560. The summed E-state index contributed by atoms with van der Waals surface area (Å²) in [5, 5.41) is 27.7. The maximum absolute atomic E-state index is 10.3. The Hall–Kier alpha value is -2.62. The largest absolute Gasteiger partial charge is 0.478 e. The zero-order valence-electron chi connectivity index (χ0n) is 20.4. The SMILES string of the molecule is CCOc1cc2cc(-c3c(C)nc(NCC4CC4)nc3N[C@@H]3C[C@H](CO)[C@@H](O)C3)oc2c(C)n1.Cl. The lowest BCUT2D eigenvalue weighted by molar-refractivity contribution is 0.0908. The summed E-state index contributed by atoms with van der Waals surface area (Å²) < 4.78 is 11.9. The number of aliphatic hydroxyl groups excluding tert-OH is 2. The van der Waals surface area contributed by atoms with Gasteiger partial charge in [-0.25, -0.2) is 9.97 Å². The minimum absolute atomic E-state index is 0. The van der Waals surface area contributed by atoms with Gasteiger partial charge in [0.2, 0.25) is 11.8 Å². The van der Waals surface area contributed by atoms with Gasteiger partial charge in [0.1, 0.15) is 11.6 Å². The Labute approximate surface area is 211 Å². The summed E-state index contributed by atoms with van der Waals surface area (Å²) >= 11 is 0. The van der Waals surface area contributed by atoms with E-state index in [0.29, 0.717) is 54.4 Å². The highest BCUT2D eigenvalue weighted by atomic mass is 35.5. The van der Waals surface area contributed by atoms with E-state index in [-0.39, 0.29) is 31.0 Å². The van der Waals surface area contributed by atoms with Crippen molar-refractivity contribution < 1.29 is 19.4 Å². The molecular formula is C25H34ClN5O4. The van der Waals surface area contributed by atoms with Crippen molar-refractivity contribution in [3.63, 3.8) is 0 Å². The van der Waals surface area contributed by atoms with E-state index in [9.17, 15) is 10.2 Å². The van der Waals surface area contributed by atoms with Crippen LogP contribution in [-0.4, -0.2) is 57.1 Å². The van der Waals surface area contributed by atoms with Crippen LogP contribution in [0.2, 0.25) is 0 Å². The number of nitrogens with zero attached hydrogens (tertiary/aromatic N) is 3. The number of hydrogen-bond donors (Lipinski definition) is 4. The van der Waals surface area contributed by atoms with Crippen molar-refractivity contribution in [3.05, 3.63) is 23.5 Å². The van der Waals surface area contributed by atoms with Gasteiger partial charge in [-0.15, -0.1) is 12.4 Å². The number of aromatic nitrogens is 3. The molecule has 5 rings (SSSR count). The summed E-state index contributed by atoms with van der Waals surface area (Å²) in [4.78, 5) is 14.0. The van der Waals surface area contributed by atoms with Crippen molar-refractivity contribution in [1.29, 1.82) is 0 Å². The molecule has 190 valence electrons. The van der Waals surface area contributed by atoms with E-state index < -0.39 is 6.10 Å². The lowest BCUT2D eigenvalue weighted by Gasteiger charge is -2.18. The fourth-order valence-corrected chi connectivity index (χ4v) is 4.74. The molecule has 0 saturated heterocycles. The second kappa shape index (κ2) is 10.6. The second-order valence-corrected chi connectivity index (χ2v) is 9.51. The maximum atomic E-state index is 10.3. The van der Waals surface area contributed by atoms with Gasteiger partial charge in [-0.05, 0) is 58.4 Å². The molecule has 4 N–H and O–H groups in total. The van der Waals surface area contributed by atoms with Gasteiger partial charge < -0.3 is 30.0 Å². The van der Waals surface area contributed by atoms with Crippen LogP contribution in [-0.2, 0) is 0 Å². The van der Waals surface area contributed by atoms with E-state index in [1.54, 1.807) is 0 Å². The molecule has 2 aliphatic rings. The molecule has 0 aromatic carbocycles. The van der Waals surface area contributed by atoms with Crippen LogP contribution in [0.15, 0.2) is 16.5 Å². The molecular weight excluding hydrogens is 470 g/mol. The first-order chi connectivity index (χ1) is 16.4. The Morgan fingerprint density at radius 3 is 2.60 bits per heavy atom. The Morgan fingerprint density at radius 2 is 1.91 bits per heavy atom. The Bertz CT molecular complexity index is 1180. The number of anilines is 2. The molecule has 0 spiro atoms. The van der Waals surface area contributed by atoms with Gasteiger partial charge >= 0.3 is 0 Å². The summed E-state index contributed by atoms with van der Waals surface area (Å²) in [6.07, 6.45) is 3.19. The number of fused-ring (bicyclic) bond motifs is 1. The fourth-order valence-electron chi connectivity index (χ4n) is 4.74. The normalized spacial score (nSPS) is 21.7. The number of nitrogens with one attached hydrogen (secondary N) is 2. The first kappa shape index (κ1) is 25.5. The van der Waals surface area contributed by atoms with E-state index in [4.69, 9.17) is 19.1 Å². The zero-order chi connectivity index (χ0) is 23.8. The minimum Gasteiger partial charge on any atom is -0.478 e. The summed E-state index contributed by atoms with van der Waals surface area (Å²) in [5.41, 5.74) is 3.04. The average molecular weight is 504 g/mol.